The Bertz CT molecular complexity index is 304. The van der Waals surface area contributed by atoms with E-state index in [1.807, 2.05) is 19.1 Å². The Morgan fingerprint density at radius 1 is 1.50 bits per heavy atom. The van der Waals surface area contributed by atoms with E-state index >= 15 is 0 Å². The Labute approximate surface area is 97.3 Å². The maximum absolute atomic E-state index is 9.15. The highest BCUT2D eigenvalue weighted by Crippen LogP contribution is 2.18. The molecule has 0 aliphatic carbocycles. The van der Waals surface area contributed by atoms with Gasteiger partial charge in [0.05, 0.1) is 12.7 Å². The predicted octanol–water partition coefficient (Wildman–Crippen LogP) is 1.36. The summed E-state index contributed by atoms with van der Waals surface area (Å²) in [6, 6.07) is 6.05. The lowest BCUT2D eigenvalue weighted by molar-refractivity contribution is 0.105. The number of aliphatic hydroxyl groups is 2. The van der Waals surface area contributed by atoms with Crippen molar-refractivity contribution in [1.29, 1.82) is 0 Å². The van der Waals surface area contributed by atoms with Gasteiger partial charge >= 0.3 is 0 Å². The molecule has 1 rings (SSSR count). The summed E-state index contributed by atoms with van der Waals surface area (Å²) in [5, 5.41) is 20.9. The average molecular weight is 307 g/mol. The van der Waals surface area contributed by atoms with E-state index in [2.05, 4.69) is 34.0 Å². The third-order valence-electron chi connectivity index (χ3n) is 1.86. The summed E-state index contributed by atoms with van der Waals surface area (Å²) in [5.41, 5.74) is 2.20. The fourth-order valence-electron chi connectivity index (χ4n) is 1.06. The minimum absolute atomic E-state index is 0.213. The van der Waals surface area contributed by atoms with Gasteiger partial charge in [-0.25, -0.2) is 0 Å². The van der Waals surface area contributed by atoms with E-state index < -0.39 is 6.10 Å². The minimum atomic E-state index is -0.702. The van der Waals surface area contributed by atoms with Crippen LogP contribution in [-0.4, -0.2) is 29.5 Å². The van der Waals surface area contributed by atoms with E-state index in [4.69, 9.17) is 10.2 Å². The smallest absolute Gasteiger partial charge is 0.0942 e. The molecule has 0 fully saturated rings. The van der Waals surface area contributed by atoms with Crippen LogP contribution in [0.4, 0.5) is 5.69 Å². The van der Waals surface area contributed by atoms with Crippen molar-refractivity contribution < 1.29 is 10.2 Å². The van der Waals surface area contributed by atoms with Gasteiger partial charge < -0.3 is 15.5 Å². The van der Waals surface area contributed by atoms with Gasteiger partial charge in [0.15, 0.2) is 0 Å². The number of hydrogen-bond acceptors (Lipinski definition) is 3. The highest BCUT2D eigenvalue weighted by atomic mass is 127. The van der Waals surface area contributed by atoms with Gasteiger partial charge in [-0.15, -0.1) is 0 Å². The molecule has 1 atom stereocenters. The lowest BCUT2D eigenvalue weighted by Gasteiger charge is -2.11. The van der Waals surface area contributed by atoms with Crippen LogP contribution < -0.4 is 5.32 Å². The second-order valence-corrected chi connectivity index (χ2v) is 4.36. The van der Waals surface area contributed by atoms with E-state index in [1.54, 1.807) is 0 Å². The van der Waals surface area contributed by atoms with E-state index in [0.717, 1.165) is 9.26 Å². The molecular weight excluding hydrogens is 293 g/mol. The number of hydrogen-bond donors (Lipinski definition) is 3. The quantitative estimate of drug-likeness (QED) is 0.736. The molecule has 0 spiro atoms. The summed E-state index contributed by atoms with van der Waals surface area (Å²) in [6.45, 7) is 2.19. The summed E-state index contributed by atoms with van der Waals surface area (Å²) < 4.78 is 1.12. The highest BCUT2D eigenvalue weighted by Gasteiger charge is 2.03. The van der Waals surface area contributed by atoms with Crippen molar-refractivity contribution in [1.82, 2.24) is 0 Å². The number of benzene rings is 1. The fourth-order valence-corrected chi connectivity index (χ4v) is 1.92. The van der Waals surface area contributed by atoms with Crippen LogP contribution in [0.1, 0.15) is 5.56 Å². The topological polar surface area (TPSA) is 52.5 Å². The second-order valence-electron chi connectivity index (χ2n) is 3.20. The molecule has 0 aromatic heterocycles. The molecule has 78 valence electrons. The number of anilines is 1. The molecule has 0 heterocycles. The van der Waals surface area contributed by atoms with Gasteiger partial charge in [-0.05, 0) is 47.2 Å². The number of rotatable bonds is 4. The Morgan fingerprint density at radius 3 is 2.79 bits per heavy atom. The van der Waals surface area contributed by atoms with Gasteiger partial charge in [0, 0.05) is 15.8 Å². The van der Waals surface area contributed by atoms with E-state index in [-0.39, 0.29) is 6.61 Å². The van der Waals surface area contributed by atoms with Gasteiger partial charge in [-0.2, -0.15) is 0 Å². The molecular formula is C10H14INO2. The van der Waals surface area contributed by atoms with Crippen LogP contribution in [-0.2, 0) is 0 Å². The van der Waals surface area contributed by atoms with E-state index in [0.29, 0.717) is 6.54 Å². The van der Waals surface area contributed by atoms with Crippen molar-refractivity contribution in [3.63, 3.8) is 0 Å². The molecule has 3 nitrogen and oxygen atoms in total. The number of nitrogens with one attached hydrogen (secondary N) is 1. The van der Waals surface area contributed by atoms with Crippen molar-refractivity contribution >= 4 is 28.3 Å². The first-order chi connectivity index (χ1) is 6.63. The maximum Gasteiger partial charge on any atom is 0.0942 e. The van der Waals surface area contributed by atoms with Gasteiger partial charge in [0.2, 0.25) is 0 Å². The Balaban J connectivity index is 2.59. The Morgan fingerprint density at radius 2 is 2.21 bits per heavy atom. The van der Waals surface area contributed by atoms with Crippen molar-refractivity contribution in [2.45, 2.75) is 13.0 Å². The molecule has 1 unspecified atom stereocenters. The molecule has 0 aliphatic rings. The molecule has 0 bridgehead atoms. The summed E-state index contributed by atoms with van der Waals surface area (Å²) >= 11 is 2.24. The number of halogens is 1. The van der Waals surface area contributed by atoms with Crippen LogP contribution in [0.3, 0.4) is 0 Å². The van der Waals surface area contributed by atoms with Crippen LogP contribution in [0.2, 0.25) is 0 Å². The van der Waals surface area contributed by atoms with Gasteiger partial charge in [-0.3, -0.25) is 0 Å². The van der Waals surface area contributed by atoms with Crippen LogP contribution in [0.25, 0.3) is 0 Å². The standard InChI is InChI=1S/C10H14INO2/c1-7-2-3-10(9(11)4-7)12-5-8(14)6-13/h2-4,8,12-14H,5-6H2,1H3. The van der Waals surface area contributed by atoms with E-state index in [1.165, 1.54) is 5.56 Å². The van der Waals surface area contributed by atoms with Gasteiger partial charge in [0.25, 0.3) is 0 Å². The first kappa shape index (κ1) is 11.7. The van der Waals surface area contributed by atoms with Crippen LogP contribution in [0, 0.1) is 10.5 Å². The second kappa shape index (κ2) is 5.53. The molecule has 14 heavy (non-hydrogen) atoms. The molecule has 0 radical (unpaired) electrons. The Hall–Kier alpha value is -0.330. The Kier molecular flexibility index (Phi) is 4.64. The molecule has 1 aromatic carbocycles. The molecule has 0 aliphatic heterocycles. The molecule has 0 saturated carbocycles. The third-order valence-corrected chi connectivity index (χ3v) is 2.76. The highest BCUT2D eigenvalue weighted by molar-refractivity contribution is 14.1. The zero-order valence-electron chi connectivity index (χ0n) is 8.00. The lowest BCUT2D eigenvalue weighted by atomic mass is 10.2. The van der Waals surface area contributed by atoms with E-state index in [9.17, 15) is 0 Å². The normalized spacial score (nSPS) is 12.6. The molecule has 0 amide bonds. The molecule has 4 heteroatoms. The van der Waals surface area contributed by atoms with Crippen molar-refractivity contribution in [2.24, 2.45) is 0 Å². The monoisotopic (exact) mass is 307 g/mol. The summed E-state index contributed by atoms with van der Waals surface area (Å²) in [7, 11) is 0. The van der Waals surface area contributed by atoms with Gasteiger partial charge in [-0.1, -0.05) is 6.07 Å². The molecule has 1 aromatic rings. The third kappa shape index (κ3) is 3.43. The average Bonchev–Trinajstić information content (AvgIpc) is 2.16. The number of aryl methyl sites for hydroxylation is 1. The molecule has 3 N–H and O–H groups in total. The fraction of sp³-hybridized carbons (Fsp3) is 0.400. The summed E-state index contributed by atoms with van der Waals surface area (Å²) in [4.78, 5) is 0. The zero-order chi connectivity index (χ0) is 10.6. The van der Waals surface area contributed by atoms with Crippen LogP contribution >= 0.6 is 22.6 Å². The van der Waals surface area contributed by atoms with Crippen molar-refractivity contribution in [3.8, 4) is 0 Å². The summed E-state index contributed by atoms with van der Waals surface area (Å²) in [5.74, 6) is 0. The first-order valence-corrected chi connectivity index (χ1v) is 5.50. The van der Waals surface area contributed by atoms with Crippen LogP contribution in [0.5, 0.6) is 0 Å². The predicted molar refractivity (Wildman–Crippen MR) is 65.5 cm³/mol. The SMILES string of the molecule is Cc1ccc(NCC(O)CO)c(I)c1. The largest absolute Gasteiger partial charge is 0.394 e. The molecule has 0 saturated heterocycles. The zero-order valence-corrected chi connectivity index (χ0v) is 10.2. The number of aliphatic hydroxyl groups excluding tert-OH is 2. The lowest BCUT2D eigenvalue weighted by Crippen LogP contribution is -2.23. The van der Waals surface area contributed by atoms with Crippen molar-refractivity contribution in [2.75, 3.05) is 18.5 Å². The first-order valence-electron chi connectivity index (χ1n) is 4.42. The maximum atomic E-state index is 9.15. The van der Waals surface area contributed by atoms with Gasteiger partial charge in [0.1, 0.15) is 0 Å². The minimum Gasteiger partial charge on any atom is -0.394 e. The van der Waals surface area contributed by atoms with Crippen LogP contribution in [0.15, 0.2) is 18.2 Å². The summed E-state index contributed by atoms with van der Waals surface area (Å²) in [6.07, 6.45) is -0.702. The van der Waals surface area contributed by atoms with Crippen molar-refractivity contribution in [3.05, 3.63) is 27.3 Å².